The van der Waals surface area contributed by atoms with Crippen LogP contribution in [0.5, 0.6) is 11.5 Å². The van der Waals surface area contributed by atoms with Gasteiger partial charge < -0.3 is 19.3 Å². The van der Waals surface area contributed by atoms with Crippen LogP contribution in [0.2, 0.25) is 0 Å². The van der Waals surface area contributed by atoms with Gasteiger partial charge in [-0.2, -0.15) is 0 Å². The highest BCUT2D eigenvalue weighted by molar-refractivity contribution is 6.05. The number of nitrogens with one attached hydrogen (secondary N) is 1. The highest BCUT2D eigenvalue weighted by Gasteiger charge is 2.45. The topological polar surface area (TPSA) is 108 Å². The van der Waals surface area contributed by atoms with E-state index < -0.39 is 11.9 Å². The van der Waals surface area contributed by atoms with Crippen molar-refractivity contribution in [3.05, 3.63) is 59.2 Å². The first kappa shape index (κ1) is 27.9. The first-order valence-corrected chi connectivity index (χ1v) is 15.6. The monoisotopic (exact) mass is 586 g/mol. The summed E-state index contributed by atoms with van der Waals surface area (Å²) in [6, 6.07) is 13.0. The van der Waals surface area contributed by atoms with Gasteiger partial charge in [0.1, 0.15) is 17.5 Å². The molecule has 43 heavy (non-hydrogen) atoms. The normalized spacial score (nSPS) is 24.6. The van der Waals surface area contributed by atoms with Gasteiger partial charge in [-0.25, -0.2) is 0 Å². The van der Waals surface area contributed by atoms with Gasteiger partial charge in [0, 0.05) is 48.2 Å². The number of nitrogens with zero attached hydrogens (tertiary/aromatic N) is 3. The summed E-state index contributed by atoms with van der Waals surface area (Å²) in [6.45, 7) is 4.66. The fourth-order valence-corrected chi connectivity index (χ4v) is 7.62. The minimum absolute atomic E-state index is 0.0290. The number of para-hydroxylation sites is 1. The van der Waals surface area contributed by atoms with Crippen LogP contribution >= 0.6 is 0 Å². The molecule has 226 valence electrons. The Balaban J connectivity index is 0.913. The van der Waals surface area contributed by atoms with Crippen LogP contribution in [0.25, 0.3) is 0 Å². The Morgan fingerprint density at radius 2 is 1.86 bits per heavy atom. The van der Waals surface area contributed by atoms with Crippen LogP contribution in [-0.2, 0) is 26.3 Å². The van der Waals surface area contributed by atoms with Crippen LogP contribution in [0.15, 0.2) is 42.5 Å². The van der Waals surface area contributed by atoms with Gasteiger partial charge in [-0.1, -0.05) is 24.3 Å². The molecule has 2 aromatic carbocycles. The van der Waals surface area contributed by atoms with E-state index in [1.54, 1.807) is 17.0 Å². The molecule has 2 atom stereocenters. The zero-order chi connectivity index (χ0) is 29.6. The molecular weight excluding hydrogens is 548 g/mol. The van der Waals surface area contributed by atoms with E-state index in [1.165, 1.54) is 5.56 Å². The van der Waals surface area contributed by atoms with Gasteiger partial charge in [0.15, 0.2) is 0 Å². The third-order valence-corrected chi connectivity index (χ3v) is 10.0. The van der Waals surface area contributed by atoms with Gasteiger partial charge in [0.2, 0.25) is 17.7 Å². The predicted molar refractivity (Wildman–Crippen MR) is 157 cm³/mol. The molecule has 10 nitrogen and oxygen atoms in total. The molecule has 4 amide bonds. The average molecular weight is 587 g/mol. The van der Waals surface area contributed by atoms with E-state index in [4.69, 9.17) is 9.47 Å². The standard InChI is InChI=1S/C33H38N4O6/c38-29-12-11-25(30(39)34-29)37-20-23-22(31(37)40)6-3-10-27(23)42-19-5-16-35-15-4-8-26(35)32(41)36-17-13-33(14-18-36)21-43-28-9-2-1-7-24(28)33/h1-3,6-7,9-10,25-26H,4-5,8,11-21H2,(H,34,38,39). The summed E-state index contributed by atoms with van der Waals surface area (Å²) in [6.07, 6.45) is 5.08. The van der Waals surface area contributed by atoms with Crippen molar-refractivity contribution >= 4 is 23.6 Å². The first-order valence-electron chi connectivity index (χ1n) is 15.6. The molecular formula is C33H38N4O6. The van der Waals surface area contributed by atoms with Crippen LogP contribution in [-0.4, -0.2) is 89.8 Å². The van der Waals surface area contributed by atoms with E-state index >= 15 is 0 Å². The van der Waals surface area contributed by atoms with Crippen LogP contribution in [0, 0.1) is 0 Å². The molecule has 7 rings (SSSR count). The number of hydrogen-bond donors (Lipinski definition) is 1. The molecule has 0 bridgehead atoms. The van der Waals surface area contributed by atoms with E-state index in [9.17, 15) is 19.2 Å². The maximum atomic E-state index is 13.6. The van der Waals surface area contributed by atoms with Crippen LogP contribution in [0.4, 0.5) is 0 Å². The van der Waals surface area contributed by atoms with Crippen molar-refractivity contribution in [2.45, 2.75) is 69.0 Å². The molecule has 5 aliphatic rings. The molecule has 0 aromatic heterocycles. The number of benzene rings is 2. The van der Waals surface area contributed by atoms with Gasteiger partial charge in [0.25, 0.3) is 5.91 Å². The lowest BCUT2D eigenvalue weighted by Crippen LogP contribution is -2.52. The molecule has 0 saturated carbocycles. The van der Waals surface area contributed by atoms with E-state index in [0.29, 0.717) is 30.9 Å². The highest BCUT2D eigenvalue weighted by Crippen LogP contribution is 2.45. The first-order chi connectivity index (χ1) is 20.9. The molecule has 0 radical (unpaired) electrons. The lowest BCUT2D eigenvalue weighted by Gasteiger charge is -2.40. The minimum Gasteiger partial charge on any atom is -0.493 e. The zero-order valence-corrected chi connectivity index (χ0v) is 24.4. The van der Waals surface area contributed by atoms with Crippen molar-refractivity contribution in [1.82, 2.24) is 20.0 Å². The average Bonchev–Trinajstić information content (AvgIpc) is 3.72. The van der Waals surface area contributed by atoms with Crippen LogP contribution in [0.1, 0.15) is 66.4 Å². The quantitative estimate of drug-likeness (QED) is 0.393. The van der Waals surface area contributed by atoms with Gasteiger partial charge >= 0.3 is 0 Å². The Kier molecular flexibility index (Phi) is 7.33. The zero-order valence-electron chi connectivity index (χ0n) is 24.4. The van der Waals surface area contributed by atoms with Crippen LogP contribution in [0.3, 0.4) is 0 Å². The third-order valence-electron chi connectivity index (χ3n) is 10.0. The van der Waals surface area contributed by atoms with E-state index in [2.05, 4.69) is 27.2 Å². The van der Waals surface area contributed by atoms with Gasteiger partial charge in [-0.3, -0.25) is 29.4 Å². The number of amides is 4. The summed E-state index contributed by atoms with van der Waals surface area (Å²) in [5.41, 5.74) is 2.65. The van der Waals surface area contributed by atoms with Crippen molar-refractivity contribution in [3.63, 3.8) is 0 Å². The number of rotatable bonds is 7. The van der Waals surface area contributed by atoms with Crippen LogP contribution < -0.4 is 14.8 Å². The van der Waals surface area contributed by atoms with Crippen molar-refractivity contribution in [2.75, 3.05) is 39.4 Å². The number of fused-ring (bicyclic) bond motifs is 3. The molecule has 3 saturated heterocycles. The molecule has 5 aliphatic heterocycles. The fourth-order valence-electron chi connectivity index (χ4n) is 7.62. The molecule has 2 aromatic rings. The summed E-state index contributed by atoms with van der Waals surface area (Å²) < 4.78 is 12.2. The largest absolute Gasteiger partial charge is 0.493 e. The summed E-state index contributed by atoms with van der Waals surface area (Å²) in [5.74, 6) is 0.956. The molecule has 5 heterocycles. The summed E-state index contributed by atoms with van der Waals surface area (Å²) in [5, 5.41) is 2.34. The Bertz CT molecular complexity index is 1450. The summed E-state index contributed by atoms with van der Waals surface area (Å²) >= 11 is 0. The van der Waals surface area contributed by atoms with Crippen molar-refractivity contribution < 1.29 is 28.7 Å². The lowest BCUT2D eigenvalue weighted by molar-refractivity contribution is -0.138. The van der Waals surface area contributed by atoms with Crippen molar-refractivity contribution in [1.29, 1.82) is 0 Å². The lowest BCUT2D eigenvalue weighted by atomic mass is 9.74. The van der Waals surface area contributed by atoms with Gasteiger partial charge in [-0.05, 0) is 63.3 Å². The Morgan fingerprint density at radius 1 is 1.02 bits per heavy atom. The second kappa shape index (κ2) is 11.3. The minimum atomic E-state index is -0.650. The number of imide groups is 1. The SMILES string of the molecule is O=C1CCC(N2Cc3c(OCCCN4CCCC4C(=O)N4CCC5(CC4)COc4ccccc45)cccc3C2=O)C(=O)N1. The Morgan fingerprint density at radius 3 is 2.70 bits per heavy atom. The number of carbonyl (C=O) groups is 4. The van der Waals surface area contributed by atoms with E-state index in [-0.39, 0.29) is 42.1 Å². The molecule has 0 aliphatic carbocycles. The van der Waals surface area contributed by atoms with E-state index in [0.717, 1.165) is 69.6 Å². The van der Waals surface area contributed by atoms with Crippen molar-refractivity contribution in [3.8, 4) is 11.5 Å². The molecule has 3 fully saturated rings. The Hall–Kier alpha value is -3.92. The maximum Gasteiger partial charge on any atom is 0.255 e. The summed E-state index contributed by atoms with van der Waals surface area (Å²) in [4.78, 5) is 56.6. The number of likely N-dealkylation sites (tertiary alicyclic amines) is 2. The molecule has 10 heteroatoms. The smallest absolute Gasteiger partial charge is 0.255 e. The molecule has 2 unspecified atom stereocenters. The molecule has 1 spiro atoms. The predicted octanol–water partition coefficient (Wildman–Crippen LogP) is 2.63. The highest BCUT2D eigenvalue weighted by atomic mass is 16.5. The number of ether oxygens (including phenoxy) is 2. The van der Waals surface area contributed by atoms with E-state index in [1.807, 2.05) is 18.2 Å². The number of piperidine rings is 2. The number of hydrogen-bond acceptors (Lipinski definition) is 7. The second-order valence-electron chi connectivity index (χ2n) is 12.5. The maximum absolute atomic E-state index is 13.6. The van der Waals surface area contributed by atoms with Gasteiger partial charge in [-0.15, -0.1) is 0 Å². The number of carbonyl (C=O) groups excluding carboxylic acids is 4. The van der Waals surface area contributed by atoms with Gasteiger partial charge in [0.05, 0.1) is 25.8 Å². The molecule has 1 N–H and O–H groups in total. The Labute approximate surface area is 251 Å². The fraction of sp³-hybridized carbons (Fsp3) is 0.515. The summed E-state index contributed by atoms with van der Waals surface area (Å²) in [7, 11) is 0. The second-order valence-corrected chi connectivity index (χ2v) is 12.5. The van der Waals surface area contributed by atoms with Crippen molar-refractivity contribution in [2.24, 2.45) is 0 Å². The third kappa shape index (κ3) is 5.05.